The van der Waals surface area contributed by atoms with Gasteiger partial charge in [-0.25, -0.2) is 9.97 Å². The fourth-order valence-corrected chi connectivity index (χ4v) is 1.80. The molecule has 1 saturated heterocycles. The van der Waals surface area contributed by atoms with Gasteiger partial charge in [-0.3, -0.25) is 0 Å². The monoisotopic (exact) mass is 228 g/mol. The van der Waals surface area contributed by atoms with Gasteiger partial charge in [0.1, 0.15) is 5.82 Å². The van der Waals surface area contributed by atoms with Gasteiger partial charge in [-0.2, -0.15) is 0 Å². The fourth-order valence-electron chi connectivity index (χ4n) is 1.80. The van der Waals surface area contributed by atoms with Crippen LogP contribution in [0.15, 0.2) is 12.3 Å². The normalized spacial score (nSPS) is 19.9. The molecule has 0 amide bonds. The molecule has 1 atom stereocenters. The van der Waals surface area contributed by atoms with Crippen molar-refractivity contribution in [2.45, 2.75) is 25.3 Å². The molecule has 1 aliphatic heterocycles. The average molecular weight is 229 g/mol. The van der Waals surface area contributed by atoms with Crippen LogP contribution in [0.1, 0.15) is 30.4 Å². The van der Waals surface area contributed by atoms with Gasteiger partial charge in [0, 0.05) is 18.7 Å². The molecule has 84 valence electrons. The maximum Gasteiger partial charge on any atom is 0.129 e. The van der Waals surface area contributed by atoms with E-state index >= 15 is 0 Å². The zero-order valence-corrected chi connectivity index (χ0v) is 9.46. The second kappa shape index (κ2) is 6.00. The first-order chi connectivity index (χ1) is 6.90. The van der Waals surface area contributed by atoms with E-state index in [-0.39, 0.29) is 12.4 Å². The first-order valence-electron chi connectivity index (χ1n) is 5.15. The van der Waals surface area contributed by atoms with Crippen LogP contribution in [0.2, 0.25) is 0 Å². The first-order valence-corrected chi connectivity index (χ1v) is 5.15. The van der Waals surface area contributed by atoms with E-state index in [9.17, 15) is 0 Å². The molecule has 0 spiro atoms. The summed E-state index contributed by atoms with van der Waals surface area (Å²) in [6.07, 6.45) is 5.01. The molecule has 15 heavy (non-hydrogen) atoms. The molecule has 0 saturated carbocycles. The van der Waals surface area contributed by atoms with E-state index in [4.69, 9.17) is 5.73 Å². The molecule has 2 heterocycles. The molecular formula is C10H17ClN4. The van der Waals surface area contributed by atoms with Crippen molar-refractivity contribution < 1.29 is 0 Å². The minimum absolute atomic E-state index is 0. The highest BCUT2D eigenvalue weighted by Crippen LogP contribution is 2.20. The maximum atomic E-state index is 5.47. The van der Waals surface area contributed by atoms with Crippen LogP contribution in [-0.2, 0) is 6.42 Å². The predicted octanol–water partition coefficient (Wildman–Crippen LogP) is 0.824. The van der Waals surface area contributed by atoms with E-state index in [0.29, 0.717) is 12.6 Å². The summed E-state index contributed by atoms with van der Waals surface area (Å²) < 4.78 is 0. The molecule has 1 aromatic heterocycles. The Labute approximate surface area is 96.1 Å². The van der Waals surface area contributed by atoms with Crippen LogP contribution in [0.25, 0.3) is 0 Å². The third kappa shape index (κ3) is 3.12. The van der Waals surface area contributed by atoms with Gasteiger partial charge in [-0.15, -0.1) is 12.4 Å². The summed E-state index contributed by atoms with van der Waals surface area (Å²) in [6.45, 7) is 1.71. The third-order valence-corrected chi connectivity index (χ3v) is 2.51. The largest absolute Gasteiger partial charge is 0.330 e. The summed E-state index contributed by atoms with van der Waals surface area (Å²) in [5, 5.41) is 3.42. The predicted molar refractivity (Wildman–Crippen MR) is 62.0 cm³/mol. The summed E-state index contributed by atoms with van der Waals surface area (Å²) in [6, 6.07) is 2.41. The minimum atomic E-state index is 0. The van der Waals surface area contributed by atoms with Crippen molar-refractivity contribution in [3.8, 4) is 0 Å². The van der Waals surface area contributed by atoms with Crippen LogP contribution in [0.4, 0.5) is 0 Å². The Hall–Kier alpha value is -0.710. The van der Waals surface area contributed by atoms with E-state index in [1.165, 1.54) is 12.8 Å². The Kier molecular flexibility index (Phi) is 4.94. The number of halogens is 1. The summed E-state index contributed by atoms with van der Waals surface area (Å²) in [5.41, 5.74) is 6.58. The van der Waals surface area contributed by atoms with E-state index in [1.807, 2.05) is 12.3 Å². The molecule has 2 rings (SSSR count). The number of aromatic nitrogens is 2. The summed E-state index contributed by atoms with van der Waals surface area (Å²) in [5.74, 6) is 0.860. The average Bonchev–Trinajstić information content (AvgIpc) is 2.71. The van der Waals surface area contributed by atoms with Gasteiger partial charge in [-0.1, -0.05) is 0 Å². The molecule has 1 fully saturated rings. The zero-order chi connectivity index (χ0) is 9.80. The molecule has 5 heteroatoms. The highest BCUT2D eigenvalue weighted by atomic mass is 35.5. The smallest absolute Gasteiger partial charge is 0.129 e. The lowest BCUT2D eigenvalue weighted by molar-refractivity contribution is 0.619. The Balaban J connectivity index is 0.00000112. The minimum Gasteiger partial charge on any atom is -0.330 e. The quantitative estimate of drug-likeness (QED) is 0.804. The molecule has 4 nitrogen and oxygen atoms in total. The number of hydrogen-bond acceptors (Lipinski definition) is 4. The standard InChI is InChI=1S/C10H16N4.ClH/c11-5-3-10-13-7-4-9(14-10)8-2-1-6-12-8;/h4,7-8,12H,1-3,5-6,11H2;1H. The number of nitrogens with two attached hydrogens (primary N) is 1. The fraction of sp³-hybridized carbons (Fsp3) is 0.600. The molecule has 1 aliphatic rings. The topological polar surface area (TPSA) is 63.8 Å². The molecule has 0 aliphatic carbocycles. The van der Waals surface area contributed by atoms with E-state index < -0.39 is 0 Å². The summed E-state index contributed by atoms with van der Waals surface area (Å²) in [7, 11) is 0. The van der Waals surface area contributed by atoms with Crippen LogP contribution in [0.5, 0.6) is 0 Å². The van der Waals surface area contributed by atoms with Crippen molar-refractivity contribution in [2.24, 2.45) is 5.73 Å². The Bertz CT molecular complexity index is 299. The highest BCUT2D eigenvalue weighted by molar-refractivity contribution is 5.85. The van der Waals surface area contributed by atoms with Crippen LogP contribution in [0, 0.1) is 0 Å². The van der Waals surface area contributed by atoms with Gasteiger partial charge < -0.3 is 11.1 Å². The van der Waals surface area contributed by atoms with Crippen molar-refractivity contribution >= 4 is 12.4 Å². The van der Waals surface area contributed by atoms with Crippen LogP contribution < -0.4 is 11.1 Å². The van der Waals surface area contributed by atoms with Gasteiger partial charge in [0.25, 0.3) is 0 Å². The Morgan fingerprint density at radius 1 is 1.53 bits per heavy atom. The number of nitrogens with zero attached hydrogens (tertiary/aromatic N) is 2. The number of rotatable bonds is 3. The van der Waals surface area contributed by atoms with Crippen molar-refractivity contribution in [3.63, 3.8) is 0 Å². The second-order valence-corrected chi connectivity index (χ2v) is 3.59. The molecule has 1 unspecified atom stereocenters. The number of hydrogen-bond donors (Lipinski definition) is 2. The molecule has 1 aromatic rings. The van der Waals surface area contributed by atoms with Gasteiger partial charge in [-0.05, 0) is 32.0 Å². The summed E-state index contributed by atoms with van der Waals surface area (Å²) >= 11 is 0. The SMILES string of the molecule is Cl.NCCc1nccc(C2CCCN2)n1. The molecule has 3 N–H and O–H groups in total. The van der Waals surface area contributed by atoms with Crippen molar-refractivity contribution in [3.05, 3.63) is 23.8 Å². The second-order valence-electron chi connectivity index (χ2n) is 3.59. The molecule has 0 bridgehead atoms. The highest BCUT2D eigenvalue weighted by Gasteiger charge is 2.17. The van der Waals surface area contributed by atoms with Gasteiger partial charge in [0.05, 0.1) is 5.69 Å². The Morgan fingerprint density at radius 3 is 3.07 bits per heavy atom. The van der Waals surface area contributed by atoms with E-state index in [0.717, 1.165) is 24.5 Å². The van der Waals surface area contributed by atoms with Crippen LogP contribution >= 0.6 is 12.4 Å². The molecule has 0 aromatic carbocycles. The van der Waals surface area contributed by atoms with Crippen LogP contribution in [0.3, 0.4) is 0 Å². The maximum absolute atomic E-state index is 5.47. The molecule has 0 radical (unpaired) electrons. The lowest BCUT2D eigenvalue weighted by Gasteiger charge is -2.09. The third-order valence-electron chi connectivity index (χ3n) is 2.51. The van der Waals surface area contributed by atoms with Gasteiger partial charge >= 0.3 is 0 Å². The molecular weight excluding hydrogens is 212 g/mol. The first kappa shape index (κ1) is 12.4. The van der Waals surface area contributed by atoms with Crippen molar-refractivity contribution in [1.29, 1.82) is 0 Å². The van der Waals surface area contributed by atoms with Crippen LogP contribution in [-0.4, -0.2) is 23.1 Å². The van der Waals surface area contributed by atoms with Crippen molar-refractivity contribution in [2.75, 3.05) is 13.1 Å². The van der Waals surface area contributed by atoms with E-state index in [2.05, 4.69) is 15.3 Å². The Morgan fingerprint density at radius 2 is 2.40 bits per heavy atom. The van der Waals surface area contributed by atoms with E-state index in [1.54, 1.807) is 0 Å². The van der Waals surface area contributed by atoms with Gasteiger partial charge in [0.15, 0.2) is 0 Å². The zero-order valence-electron chi connectivity index (χ0n) is 8.65. The lowest BCUT2D eigenvalue weighted by Crippen LogP contribution is -2.16. The van der Waals surface area contributed by atoms with Gasteiger partial charge in [0.2, 0.25) is 0 Å². The van der Waals surface area contributed by atoms with Crippen molar-refractivity contribution in [1.82, 2.24) is 15.3 Å². The lowest BCUT2D eigenvalue weighted by atomic mass is 10.1. The number of nitrogens with one attached hydrogen (secondary N) is 1. The summed E-state index contributed by atoms with van der Waals surface area (Å²) in [4.78, 5) is 8.67.